The van der Waals surface area contributed by atoms with Crippen molar-refractivity contribution < 1.29 is 8.42 Å². The third-order valence-corrected chi connectivity index (χ3v) is 3.58. The molecule has 0 fully saturated rings. The Bertz CT molecular complexity index is 384. The predicted octanol–water partition coefficient (Wildman–Crippen LogP) is 0.238. The van der Waals surface area contributed by atoms with Crippen LogP contribution in [0.25, 0.3) is 0 Å². The Labute approximate surface area is 81.5 Å². The van der Waals surface area contributed by atoms with Crippen LogP contribution >= 0.6 is 11.3 Å². The topological polar surface area (TPSA) is 63.2 Å². The normalized spacial score (nSPS) is 12.3. The maximum Gasteiger partial charge on any atom is 0.211 e. The fourth-order valence-corrected chi connectivity index (χ4v) is 1.91. The molecule has 1 rings (SSSR count). The lowest BCUT2D eigenvalue weighted by Crippen LogP contribution is -2.24. The molecule has 1 heterocycles. The summed E-state index contributed by atoms with van der Waals surface area (Å²) in [7, 11) is -1.60. The van der Waals surface area contributed by atoms with E-state index < -0.39 is 10.0 Å². The molecule has 0 aliphatic rings. The Kier molecular flexibility index (Phi) is 2.99. The summed E-state index contributed by atoms with van der Waals surface area (Å²) in [4.78, 5) is 0. The second-order valence-electron chi connectivity index (χ2n) is 2.73. The first-order chi connectivity index (χ1) is 5.89. The Balaban J connectivity index is 2.71. The molecule has 0 N–H and O–H groups in total. The second kappa shape index (κ2) is 3.69. The van der Waals surface area contributed by atoms with Gasteiger partial charge in [-0.1, -0.05) is 0 Å². The van der Waals surface area contributed by atoms with Crippen LogP contribution < -0.4 is 0 Å². The molecule has 0 saturated heterocycles. The molecule has 0 unspecified atom stereocenters. The van der Waals surface area contributed by atoms with Gasteiger partial charge < -0.3 is 0 Å². The second-order valence-corrected chi connectivity index (χ2v) is 6.09. The van der Waals surface area contributed by atoms with Crippen molar-refractivity contribution in [2.24, 2.45) is 0 Å². The summed E-state index contributed by atoms with van der Waals surface area (Å²) < 4.78 is 23.3. The van der Waals surface area contributed by atoms with Crippen molar-refractivity contribution in [3.63, 3.8) is 0 Å². The van der Waals surface area contributed by atoms with Gasteiger partial charge in [-0.25, -0.2) is 8.42 Å². The zero-order chi connectivity index (χ0) is 10.1. The number of aryl methyl sites for hydroxylation is 1. The van der Waals surface area contributed by atoms with Crippen molar-refractivity contribution in [2.75, 3.05) is 13.3 Å². The fraction of sp³-hybridized carbons (Fsp3) is 0.667. The van der Waals surface area contributed by atoms with Crippen molar-refractivity contribution in [1.29, 1.82) is 0 Å². The molecule has 0 bridgehead atoms. The minimum atomic E-state index is -3.12. The monoisotopic (exact) mass is 221 g/mol. The van der Waals surface area contributed by atoms with Gasteiger partial charge in [0.1, 0.15) is 10.0 Å². The maximum absolute atomic E-state index is 11.0. The van der Waals surface area contributed by atoms with Gasteiger partial charge in [0.05, 0.1) is 12.8 Å². The highest BCUT2D eigenvalue weighted by molar-refractivity contribution is 7.88. The van der Waals surface area contributed by atoms with Crippen LogP contribution in [-0.4, -0.2) is 36.2 Å². The molecule has 0 atom stereocenters. The van der Waals surface area contributed by atoms with Crippen molar-refractivity contribution >= 4 is 21.4 Å². The lowest BCUT2D eigenvalue weighted by molar-refractivity contribution is 0.470. The molecule has 13 heavy (non-hydrogen) atoms. The third kappa shape index (κ3) is 3.02. The van der Waals surface area contributed by atoms with Gasteiger partial charge in [-0.05, 0) is 6.92 Å². The highest BCUT2D eigenvalue weighted by atomic mass is 32.2. The van der Waals surface area contributed by atoms with Crippen molar-refractivity contribution in [3.05, 3.63) is 10.0 Å². The van der Waals surface area contributed by atoms with Gasteiger partial charge in [0.2, 0.25) is 10.0 Å². The zero-order valence-corrected chi connectivity index (χ0v) is 9.31. The number of rotatable bonds is 3. The highest BCUT2D eigenvalue weighted by Gasteiger charge is 2.13. The SMILES string of the molecule is Cc1nnc(CN(C)S(C)(=O)=O)s1. The Morgan fingerprint density at radius 1 is 1.46 bits per heavy atom. The number of nitrogens with zero attached hydrogens (tertiary/aromatic N) is 3. The largest absolute Gasteiger partial charge is 0.213 e. The Morgan fingerprint density at radius 2 is 2.08 bits per heavy atom. The molecule has 0 radical (unpaired) electrons. The van der Waals surface area contributed by atoms with E-state index >= 15 is 0 Å². The highest BCUT2D eigenvalue weighted by Crippen LogP contribution is 2.11. The quantitative estimate of drug-likeness (QED) is 0.733. The minimum absolute atomic E-state index is 0.296. The molecule has 0 amide bonds. The molecule has 5 nitrogen and oxygen atoms in total. The molecule has 0 spiro atoms. The van der Waals surface area contributed by atoms with Crippen LogP contribution in [0.5, 0.6) is 0 Å². The first-order valence-electron chi connectivity index (χ1n) is 3.60. The molecule has 1 aromatic rings. The fourth-order valence-electron chi connectivity index (χ4n) is 0.709. The van der Waals surface area contributed by atoms with Crippen LogP contribution in [0.4, 0.5) is 0 Å². The molecule has 0 aliphatic carbocycles. The van der Waals surface area contributed by atoms with Gasteiger partial charge in [-0.15, -0.1) is 21.5 Å². The van der Waals surface area contributed by atoms with E-state index in [-0.39, 0.29) is 0 Å². The molecular weight excluding hydrogens is 210 g/mol. The van der Waals surface area contributed by atoms with Crippen LogP contribution in [0.2, 0.25) is 0 Å². The van der Waals surface area contributed by atoms with E-state index in [1.54, 1.807) is 0 Å². The summed E-state index contributed by atoms with van der Waals surface area (Å²) in [5.41, 5.74) is 0. The molecule has 7 heteroatoms. The van der Waals surface area contributed by atoms with E-state index in [2.05, 4.69) is 10.2 Å². The predicted molar refractivity (Wildman–Crippen MR) is 51.0 cm³/mol. The van der Waals surface area contributed by atoms with Crippen LogP contribution in [0, 0.1) is 6.92 Å². The van der Waals surface area contributed by atoms with Gasteiger partial charge in [0, 0.05) is 7.05 Å². The smallest absolute Gasteiger partial charge is 0.211 e. The number of hydrogen-bond donors (Lipinski definition) is 0. The van der Waals surface area contributed by atoms with Crippen LogP contribution in [0.15, 0.2) is 0 Å². The van der Waals surface area contributed by atoms with E-state index in [0.717, 1.165) is 5.01 Å². The zero-order valence-electron chi connectivity index (χ0n) is 7.68. The maximum atomic E-state index is 11.0. The van der Waals surface area contributed by atoms with E-state index in [1.165, 1.54) is 28.9 Å². The summed E-state index contributed by atoms with van der Waals surface area (Å²) in [5, 5.41) is 9.19. The molecule has 0 aliphatic heterocycles. The Hall–Kier alpha value is -0.530. The first-order valence-corrected chi connectivity index (χ1v) is 6.26. The van der Waals surface area contributed by atoms with Gasteiger partial charge in [-0.3, -0.25) is 0 Å². The Morgan fingerprint density at radius 3 is 2.46 bits per heavy atom. The standard InChI is InChI=1S/C6H11N3O2S2/c1-5-7-8-6(12-5)4-9(2)13(3,10)11/h4H2,1-3H3. The molecule has 1 aromatic heterocycles. The molecule has 0 aromatic carbocycles. The van der Waals surface area contributed by atoms with Crippen molar-refractivity contribution in [3.8, 4) is 0 Å². The molecular formula is C6H11N3O2S2. The number of aromatic nitrogens is 2. The summed E-state index contributed by atoms with van der Waals surface area (Å²) in [6.45, 7) is 2.13. The van der Waals surface area contributed by atoms with E-state index in [4.69, 9.17) is 0 Å². The van der Waals surface area contributed by atoms with Crippen molar-refractivity contribution in [2.45, 2.75) is 13.5 Å². The minimum Gasteiger partial charge on any atom is -0.213 e. The van der Waals surface area contributed by atoms with E-state index in [0.29, 0.717) is 11.6 Å². The number of hydrogen-bond acceptors (Lipinski definition) is 5. The first kappa shape index (κ1) is 10.6. The van der Waals surface area contributed by atoms with Gasteiger partial charge in [0.25, 0.3) is 0 Å². The molecule has 74 valence electrons. The summed E-state index contributed by atoms with van der Waals surface area (Å²) in [5.74, 6) is 0. The van der Waals surface area contributed by atoms with Crippen LogP contribution in [0.3, 0.4) is 0 Å². The average Bonchev–Trinajstić information content (AvgIpc) is 2.33. The average molecular weight is 221 g/mol. The lowest BCUT2D eigenvalue weighted by atomic mass is 10.7. The van der Waals surface area contributed by atoms with E-state index in [1.807, 2.05) is 6.92 Å². The number of sulfonamides is 1. The van der Waals surface area contributed by atoms with Gasteiger partial charge >= 0.3 is 0 Å². The van der Waals surface area contributed by atoms with Gasteiger partial charge in [-0.2, -0.15) is 4.31 Å². The van der Waals surface area contributed by atoms with E-state index in [9.17, 15) is 8.42 Å². The summed E-state index contributed by atoms with van der Waals surface area (Å²) in [6.07, 6.45) is 1.17. The third-order valence-electron chi connectivity index (χ3n) is 1.49. The summed E-state index contributed by atoms with van der Waals surface area (Å²) in [6, 6.07) is 0. The van der Waals surface area contributed by atoms with Gasteiger partial charge in [0.15, 0.2) is 0 Å². The summed E-state index contributed by atoms with van der Waals surface area (Å²) >= 11 is 1.40. The van der Waals surface area contributed by atoms with Crippen LogP contribution in [-0.2, 0) is 16.6 Å². The lowest BCUT2D eigenvalue weighted by Gasteiger charge is -2.10. The molecule has 0 saturated carbocycles. The van der Waals surface area contributed by atoms with Crippen molar-refractivity contribution in [1.82, 2.24) is 14.5 Å². The van der Waals surface area contributed by atoms with Crippen LogP contribution in [0.1, 0.15) is 10.0 Å².